The van der Waals surface area contributed by atoms with Crippen LogP contribution in [0.3, 0.4) is 0 Å². The summed E-state index contributed by atoms with van der Waals surface area (Å²) in [5.41, 5.74) is 4.28. The molecule has 0 radical (unpaired) electrons. The van der Waals surface area contributed by atoms with E-state index in [9.17, 15) is 9.59 Å². The molecule has 5 rings (SSSR count). The van der Waals surface area contributed by atoms with Crippen molar-refractivity contribution in [3.05, 3.63) is 105 Å². The van der Waals surface area contributed by atoms with E-state index >= 15 is 0 Å². The van der Waals surface area contributed by atoms with E-state index in [2.05, 4.69) is 11.1 Å². The van der Waals surface area contributed by atoms with Crippen molar-refractivity contribution in [2.45, 2.75) is 25.3 Å². The molecule has 1 saturated carbocycles. The molecular weight excluding hydrogens is 497 g/mol. The molecule has 1 amide bonds. The molecule has 1 aromatic heterocycles. The molecule has 1 fully saturated rings. The number of fused-ring (bicyclic) bond motifs is 1. The largest absolute Gasteiger partial charge is 0.452 e. The van der Waals surface area contributed by atoms with Crippen molar-refractivity contribution in [3.63, 3.8) is 0 Å². The van der Waals surface area contributed by atoms with Gasteiger partial charge in [0.15, 0.2) is 6.61 Å². The Morgan fingerprint density at radius 2 is 1.64 bits per heavy atom. The number of halogens is 2. The number of allylic oxidation sites excluding steroid dienone is 1. The molecule has 3 aromatic rings. The quantitative estimate of drug-likeness (QED) is 0.367. The number of carbonyl (C=O) groups is 2. The van der Waals surface area contributed by atoms with Crippen LogP contribution < -0.4 is 0 Å². The van der Waals surface area contributed by atoms with Gasteiger partial charge < -0.3 is 4.74 Å². The number of aromatic nitrogens is 1. The first kappa shape index (κ1) is 24.2. The molecule has 1 aliphatic carbocycles. The first-order valence-corrected chi connectivity index (χ1v) is 12.4. The van der Waals surface area contributed by atoms with E-state index in [0.717, 1.165) is 41.7 Å². The molecule has 2 aliphatic rings. The lowest BCUT2D eigenvalue weighted by Gasteiger charge is -2.29. The molecule has 0 saturated heterocycles. The number of hydrazone groups is 1. The Morgan fingerprint density at radius 3 is 2.33 bits per heavy atom. The Labute approximate surface area is 219 Å². The highest BCUT2D eigenvalue weighted by Gasteiger charge is 2.43. The standard InChI is InChI=1S/C28H23Cl2N3O3/c29-22-8-4-18(5-9-22)16-21-2-1-3-24-26(21)32-33(27(24)19-6-10-23(30)11-7-19)25(34)17-36-28(35)20-12-14-31-15-13-20/h4-16,24,27H,1-3,17H2. The van der Waals surface area contributed by atoms with Crippen LogP contribution in [-0.4, -0.2) is 34.2 Å². The second-order valence-electron chi connectivity index (χ2n) is 8.75. The Bertz CT molecular complexity index is 1320. The van der Waals surface area contributed by atoms with Gasteiger partial charge in [-0.05, 0) is 78.4 Å². The molecule has 2 heterocycles. The number of nitrogens with zero attached hydrogens (tertiary/aromatic N) is 3. The van der Waals surface area contributed by atoms with Crippen molar-refractivity contribution in [1.29, 1.82) is 0 Å². The van der Waals surface area contributed by atoms with Gasteiger partial charge in [-0.2, -0.15) is 5.10 Å². The van der Waals surface area contributed by atoms with Gasteiger partial charge in [-0.25, -0.2) is 9.80 Å². The lowest BCUT2D eigenvalue weighted by Crippen LogP contribution is -2.34. The van der Waals surface area contributed by atoms with Gasteiger partial charge in [0.2, 0.25) is 0 Å². The summed E-state index contributed by atoms with van der Waals surface area (Å²) < 4.78 is 5.32. The van der Waals surface area contributed by atoms with Gasteiger partial charge in [-0.1, -0.05) is 47.5 Å². The molecule has 0 bridgehead atoms. The first-order chi connectivity index (χ1) is 17.5. The molecule has 1 aliphatic heterocycles. The van der Waals surface area contributed by atoms with E-state index in [4.69, 9.17) is 33.0 Å². The highest BCUT2D eigenvalue weighted by molar-refractivity contribution is 6.30. The maximum atomic E-state index is 13.3. The zero-order valence-electron chi connectivity index (χ0n) is 19.3. The van der Waals surface area contributed by atoms with Gasteiger partial charge >= 0.3 is 5.97 Å². The van der Waals surface area contributed by atoms with E-state index in [1.807, 2.05) is 48.5 Å². The van der Waals surface area contributed by atoms with Gasteiger partial charge in [0.05, 0.1) is 17.3 Å². The minimum Gasteiger partial charge on any atom is -0.452 e. The number of ether oxygens (including phenoxy) is 1. The summed E-state index contributed by atoms with van der Waals surface area (Å²) in [7, 11) is 0. The molecular formula is C28H23Cl2N3O3. The Hall–Kier alpha value is -3.48. The average Bonchev–Trinajstić information content (AvgIpc) is 3.30. The predicted molar refractivity (Wildman–Crippen MR) is 140 cm³/mol. The third kappa shape index (κ3) is 5.20. The fraction of sp³-hybridized carbons (Fsp3) is 0.214. The summed E-state index contributed by atoms with van der Waals surface area (Å²) in [6.45, 7) is -0.412. The third-order valence-electron chi connectivity index (χ3n) is 6.42. The predicted octanol–water partition coefficient (Wildman–Crippen LogP) is 6.37. The van der Waals surface area contributed by atoms with Crippen LogP contribution in [0.2, 0.25) is 10.0 Å². The lowest BCUT2D eigenvalue weighted by atomic mass is 9.77. The first-order valence-electron chi connectivity index (χ1n) is 11.7. The summed E-state index contributed by atoms with van der Waals surface area (Å²) in [6.07, 6.45) is 7.85. The topological polar surface area (TPSA) is 71.9 Å². The van der Waals surface area contributed by atoms with Crippen LogP contribution >= 0.6 is 23.2 Å². The molecule has 2 unspecified atom stereocenters. The number of pyridine rings is 1. The molecule has 0 spiro atoms. The second kappa shape index (κ2) is 10.6. The van der Waals surface area contributed by atoms with Crippen molar-refractivity contribution < 1.29 is 14.3 Å². The zero-order chi connectivity index (χ0) is 25.1. The number of carbonyl (C=O) groups excluding carboxylic acids is 2. The van der Waals surface area contributed by atoms with Crippen LogP contribution in [0.4, 0.5) is 0 Å². The molecule has 36 heavy (non-hydrogen) atoms. The molecule has 8 heteroatoms. The number of hydrogen-bond donors (Lipinski definition) is 0. The maximum Gasteiger partial charge on any atom is 0.338 e. The summed E-state index contributed by atoms with van der Waals surface area (Å²) in [6, 6.07) is 17.9. The minimum absolute atomic E-state index is 0.0262. The highest BCUT2D eigenvalue weighted by atomic mass is 35.5. The van der Waals surface area contributed by atoms with Crippen molar-refractivity contribution in [3.8, 4) is 0 Å². The Kier molecular flexibility index (Phi) is 7.16. The van der Waals surface area contributed by atoms with Gasteiger partial charge in [0, 0.05) is 28.4 Å². The Morgan fingerprint density at radius 1 is 0.972 bits per heavy atom. The second-order valence-corrected chi connectivity index (χ2v) is 9.62. The number of amides is 1. The minimum atomic E-state index is -0.582. The van der Waals surface area contributed by atoms with E-state index in [1.165, 1.54) is 17.4 Å². The van der Waals surface area contributed by atoms with Crippen molar-refractivity contribution in [1.82, 2.24) is 9.99 Å². The summed E-state index contributed by atoms with van der Waals surface area (Å²) in [4.78, 5) is 29.6. The van der Waals surface area contributed by atoms with E-state index in [0.29, 0.717) is 15.6 Å². The van der Waals surface area contributed by atoms with Gasteiger partial charge in [0.1, 0.15) is 0 Å². The smallest absolute Gasteiger partial charge is 0.338 e. The zero-order valence-corrected chi connectivity index (χ0v) is 20.8. The van der Waals surface area contributed by atoms with Crippen LogP contribution in [0, 0.1) is 5.92 Å². The summed E-state index contributed by atoms with van der Waals surface area (Å²) in [5, 5.41) is 7.58. The van der Waals surface area contributed by atoms with Gasteiger partial charge in [-0.15, -0.1) is 0 Å². The molecule has 182 valence electrons. The maximum absolute atomic E-state index is 13.3. The highest BCUT2D eigenvalue weighted by Crippen LogP contribution is 2.44. The van der Waals surface area contributed by atoms with Gasteiger partial charge in [-0.3, -0.25) is 9.78 Å². The van der Waals surface area contributed by atoms with E-state index < -0.39 is 12.6 Å². The molecule has 0 N–H and O–H groups in total. The number of esters is 1. The lowest BCUT2D eigenvalue weighted by molar-refractivity contribution is -0.137. The van der Waals surface area contributed by atoms with Crippen molar-refractivity contribution in [2.24, 2.45) is 11.0 Å². The average molecular weight is 520 g/mol. The van der Waals surface area contributed by atoms with Crippen LogP contribution in [0.15, 0.2) is 83.7 Å². The van der Waals surface area contributed by atoms with Crippen molar-refractivity contribution in [2.75, 3.05) is 6.61 Å². The monoisotopic (exact) mass is 519 g/mol. The molecule has 2 aromatic carbocycles. The van der Waals surface area contributed by atoms with Crippen LogP contribution in [0.25, 0.3) is 6.08 Å². The van der Waals surface area contributed by atoms with E-state index in [-0.39, 0.29) is 17.9 Å². The van der Waals surface area contributed by atoms with Crippen LogP contribution in [0.1, 0.15) is 46.8 Å². The summed E-state index contributed by atoms with van der Waals surface area (Å²) in [5.74, 6) is -0.940. The van der Waals surface area contributed by atoms with Crippen LogP contribution in [0.5, 0.6) is 0 Å². The third-order valence-corrected chi connectivity index (χ3v) is 6.93. The molecule has 2 atom stereocenters. The fourth-order valence-electron chi connectivity index (χ4n) is 4.73. The summed E-state index contributed by atoms with van der Waals surface area (Å²) >= 11 is 12.2. The van der Waals surface area contributed by atoms with Crippen molar-refractivity contribution >= 4 is 46.9 Å². The fourth-order valence-corrected chi connectivity index (χ4v) is 4.98. The Balaban J connectivity index is 1.44. The number of rotatable bonds is 5. The van der Waals surface area contributed by atoms with Crippen LogP contribution in [-0.2, 0) is 9.53 Å². The number of benzene rings is 2. The molecule has 6 nitrogen and oxygen atoms in total. The van der Waals surface area contributed by atoms with Gasteiger partial charge in [0.25, 0.3) is 5.91 Å². The van der Waals surface area contributed by atoms with E-state index in [1.54, 1.807) is 12.1 Å². The SMILES string of the molecule is O=C(OCC(=O)N1N=C2C(=Cc3ccc(Cl)cc3)CCCC2C1c1ccc(Cl)cc1)c1ccncc1. The normalized spacial score (nSPS) is 20.1. The number of hydrogen-bond acceptors (Lipinski definition) is 5.